The molecule has 0 heterocycles. The third kappa shape index (κ3) is 4.50. The molecule has 1 fully saturated rings. The Morgan fingerprint density at radius 3 is 2.26 bits per heavy atom. The molecule has 1 aliphatic carbocycles. The van der Waals surface area contributed by atoms with Crippen molar-refractivity contribution in [3.63, 3.8) is 0 Å². The Morgan fingerprint density at radius 2 is 1.70 bits per heavy atom. The first-order chi connectivity index (χ1) is 10.8. The van der Waals surface area contributed by atoms with Crippen LogP contribution >= 0.6 is 0 Å². The summed E-state index contributed by atoms with van der Waals surface area (Å²) in [6.07, 6.45) is 8.80. The molecule has 0 saturated heterocycles. The van der Waals surface area contributed by atoms with Crippen LogP contribution in [0.15, 0.2) is 42.5 Å². The summed E-state index contributed by atoms with van der Waals surface area (Å²) in [4.78, 5) is 0. The van der Waals surface area contributed by atoms with Crippen molar-refractivity contribution in [2.45, 2.75) is 37.6 Å². The zero-order valence-electron chi connectivity index (χ0n) is 12.7. The van der Waals surface area contributed by atoms with Crippen molar-refractivity contribution in [3.05, 3.63) is 42.5 Å². The van der Waals surface area contributed by atoms with E-state index in [2.05, 4.69) is 0 Å². The van der Waals surface area contributed by atoms with Crippen molar-refractivity contribution < 1.29 is 21.6 Å². The maximum atomic E-state index is 12.9. The van der Waals surface area contributed by atoms with E-state index in [-0.39, 0.29) is 12.2 Å². The minimum absolute atomic E-state index is 0.0121. The topological polar surface area (TPSA) is 37.4 Å². The number of benzene rings is 1. The minimum atomic E-state index is -5.41. The normalized spacial score (nSPS) is 17.5. The number of rotatable bonds is 5. The van der Waals surface area contributed by atoms with Crippen LogP contribution in [0.4, 0.5) is 18.9 Å². The Balaban J connectivity index is 2.19. The van der Waals surface area contributed by atoms with Gasteiger partial charge in [0.2, 0.25) is 0 Å². The van der Waals surface area contributed by atoms with Crippen LogP contribution < -0.4 is 4.31 Å². The van der Waals surface area contributed by atoms with E-state index in [4.69, 9.17) is 0 Å². The largest absolute Gasteiger partial charge is 0.516 e. The van der Waals surface area contributed by atoms with Crippen molar-refractivity contribution in [2.75, 3.05) is 10.8 Å². The monoisotopic (exact) mass is 347 g/mol. The van der Waals surface area contributed by atoms with Gasteiger partial charge in [-0.15, -0.1) is 0 Å². The van der Waals surface area contributed by atoms with Gasteiger partial charge < -0.3 is 0 Å². The molecule has 2 rings (SSSR count). The molecule has 0 aromatic heterocycles. The van der Waals surface area contributed by atoms with E-state index in [1.807, 2.05) is 6.08 Å². The fraction of sp³-hybridized carbons (Fsp3) is 0.500. The quantitative estimate of drug-likeness (QED) is 0.737. The van der Waals surface area contributed by atoms with E-state index in [1.165, 1.54) is 36.8 Å². The van der Waals surface area contributed by atoms with Gasteiger partial charge in [-0.3, -0.25) is 4.31 Å². The fourth-order valence-electron chi connectivity index (χ4n) is 2.74. The number of anilines is 1. The van der Waals surface area contributed by atoms with Crippen molar-refractivity contribution >= 4 is 15.7 Å². The van der Waals surface area contributed by atoms with E-state index >= 15 is 0 Å². The minimum Gasteiger partial charge on any atom is -0.259 e. The number of sulfonamides is 1. The molecule has 0 spiro atoms. The molecule has 1 aliphatic rings. The van der Waals surface area contributed by atoms with Crippen molar-refractivity contribution in [2.24, 2.45) is 5.92 Å². The lowest BCUT2D eigenvalue weighted by Crippen LogP contribution is -2.41. The standard InChI is InChI=1S/C16H20F3NO2S/c17-16(18,19)23(21,22)20(15-11-5-2-6-12-15)13-7-10-14-8-3-1-4-9-14/h2,5-7,10-12,14H,1,3-4,8-9,13H2. The van der Waals surface area contributed by atoms with Gasteiger partial charge in [-0.05, 0) is 30.9 Å². The van der Waals surface area contributed by atoms with Crippen LogP contribution in [-0.2, 0) is 10.0 Å². The highest BCUT2D eigenvalue weighted by Gasteiger charge is 2.49. The molecule has 1 saturated carbocycles. The zero-order valence-corrected chi connectivity index (χ0v) is 13.5. The van der Waals surface area contributed by atoms with Crippen LogP contribution in [0, 0.1) is 5.92 Å². The van der Waals surface area contributed by atoms with Crippen molar-refractivity contribution in [3.8, 4) is 0 Å². The van der Waals surface area contributed by atoms with Crippen LogP contribution in [0.2, 0.25) is 0 Å². The molecule has 3 nitrogen and oxygen atoms in total. The predicted molar refractivity (Wildman–Crippen MR) is 84.5 cm³/mol. The average molecular weight is 347 g/mol. The molecule has 0 radical (unpaired) electrons. The molecule has 0 amide bonds. The third-order valence-electron chi connectivity index (χ3n) is 3.96. The lowest BCUT2D eigenvalue weighted by Gasteiger charge is -2.24. The molecule has 7 heteroatoms. The second-order valence-electron chi connectivity index (χ2n) is 5.64. The molecule has 0 N–H and O–H groups in total. The molecule has 128 valence electrons. The maximum absolute atomic E-state index is 12.9. The van der Waals surface area contributed by atoms with E-state index in [0.717, 1.165) is 25.7 Å². The van der Waals surface area contributed by atoms with Crippen LogP contribution in [0.5, 0.6) is 0 Å². The summed E-state index contributed by atoms with van der Waals surface area (Å²) in [6, 6.07) is 7.37. The molecule has 0 bridgehead atoms. The summed E-state index contributed by atoms with van der Waals surface area (Å²) in [5, 5.41) is 0. The second kappa shape index (κ2) is 7.38. The van der Waals surface area contributed by atoms with Gasteiger partial charge in [-0.1, -0.05) is 49.6 Å². The summed E-state index contributed by atoms with van der Waals surface area (Å²) in [5.74, 6) is 0.329. The van der Waals surface area contributed by atoms with Gasteiger partial charge in [-0.2, -0.15) is 21.6 Å². The van der Waals surface area contributed by atoms with Gasteiger partial charge in [0.25, 0.3) is 0 Å². The first-order valence-electron chi connectivity index (χ1n) is 7.63. The number of allylic oxidation sites excluding steroid dienone is 1. The number of hydrogen-bond donors (Lipinski definition) is 0. The van der Waals surface area contributed by atoms with Gasteiger partial charge in [0, 0.05) is 0 Å². The summed E-state index contributed by atoms with van der Waals surface area (Å²) in [6.45, 7) is -0.317. The maximum Gasteiger partial charge on any atom is 0.516 e. The molecule has 23 heavy (non-hydrogen) atoms. The van der Waals surface area contributed by atoms with Gasteiger partial charge in [0.05, 0.1) is 12.2 Å². The Kier molecular flexibility index (Phi) is 5.73. The fourth-order valence-corrected chi connectivity index (χ4v) is 3.67. The molecular weight excluding hydrogens is 327 g/mol. The van der Waals surface area contributed by atoms with Gasteiger partial charge in [0.15, 0.2) is 0 Å². The number of hydrogen-bond acceptors (Lipinski definition) is 2. The van der Waals surface area contributed by atoms with E-state index < -0.39 is 15.5 Å². The molecule has 1 aromatic carbocycles. The lowest BCUT2D eigenvalue weighted by atomic mass is 9.89. The molecule has 0 atom stereocenters. The Morgan fingerprint density at radius 1 is 1.09 bits per heavy atom. The van der Waals surface area contributed by atoms with Crippen LogP contribution in [0.1, 0.15) is 32.1 Å². The summed E-state index contributed by atoms with van der Waals surface area (Å²) in [5.41, 5.74) is -5.31. The highest BCUT2D eigenvalue weighted by Crippen LogP contribution is 2.31. The Labute approximate surface area is 134 Å². The second-order valence-corrected chi connectivity index (χ2v) is 7.50. The van der Waals surface area contributed by atoms with Crippen molar-refractivity contribution in [1.29, 1.82) is 0 Å². The Hall–Kier alpha value is -1.50. The van der Waals surface area contributed by atoms with Crippen LogP contribution in [-0.4, -0.2) is 20.5 Å². The first kappa shape index (κ1) is 17.8. The smallest absolute Gasteiger partial charge is 0.259 e. The highest BCUT2D eigenvalue weighted by molar-refractivity contribution is 7.93. The molecular formula is C16H20F3NO2S. The number of halogens is 3. The van der Waals surface area contributed by atoms with Crippen LogP contribution in [0.25, 0.3) is 0 Å². The Bertz CT molecular complexity index is 620. The van der Waals surface area contributed by atoms with Gasteiger partial charge in [0.1, 0.15) is 0 Å². The van der Waals surface area contributed by atoms with Crippen molar-refractivity contribution in [1.82, 2.24) is 0 Å². The number of alkyl halides is 3. The van der Waals surface area contributed by atoms with Crippen LogP contribution in [0.3, 0.4) is 0 Å². The van der Waals surface area contributed by atoms with Gasteiger partial charge in [-0.25, -0.2) is 0 Å². The zero-order chi connectivity index (χ0) is 16.9. The predicted octanol–water partition coefficient (Wildman–Crippen LogP) is 4.48. The van der Waals surface area contributed by atoms with E-state index in [9.17, 15) is 21.6 Å². The average Bonchev–Trinajstić information content (AvgIpc) is 2.52. The summed E-state index contributed by atoms with van der Waals surface area (Å²) < 4.78 is 62.7. The molecule has 1 aromatic rings. The molecule has 0 aliphatic heterocycles. The molecule has 0 unspecified atom stereocenters. The lowest BCUT2D eigenvalue weighted by molar-refractivity contribution is -0.0437. The van der Waals surface area contributed by atoms with Gasteiger partial charge >= 0.3 is 15.5 Å². The summed E-state index contributed by atoms with van der Waals surface area (Å²) in [7, 11) is -5.41. The SMILES string of the molecule is O=S(=O)(N(CC=CC1CCCCC1)c1ccccc1)C(F)(F)F. The van der Waals surface area contributed by atoms with E-state index in [1.54, 1.807) is 6.07 Å². The number of para-hydroxylation sites is 1. The van der Waals surface area contributed by atoms with E-state index in [0.29, 0.717) is 10.2 Å². The highest BCUT2D eigenvalue weighted by atomic mass is 32.2. The first-order valence-corrected chi connectivity index (χ1v) is 9.07. The number of nitrogens with zero attached hydrogens (tertiary/aromatic N) is 1. The third-order valence-corrected chi connectivity index (χ3v) is 5.48. The summed E-state index contributed by atoms with van der Waals surface area (Å²) >= 11 is 0.